The van der Waals surface area contributed by atoms with E-state index in [1.807, 2.05) is 74.5 Å². The van der Waals surface area contributed by atoms with E-state index in [1.165, 1.54) is 11.3 Å². The smallest absolute Gasteiger partial charge is 0.338 e. The van der Waals surface area contributed by atoms with Gasteiger partial charge in [0.15, 0.2) is 16.3 Å². The molecule has 0 bridgehead atoms. The summed E-state index contributed by atoms with van der Waals surface area (Å²) >= 11 is 3.55. The van der Waals surface area contributed by atoms with Gasteiger partial charge in [-0.3, -0.25) is 9.36 Å². The molecule has 46 heavy (non-hydrogen) atoms. The summed E-state index contributed by atoms with van der Waals surface area (Å²) < 4.78 is 20.8. The lowest BCUT2D eigenvalue weighted by molar-refractivity contribution is -0.139. The van der Waals surface area contributed by atoms with E-state index in [0.29, 0.717) is 45.3 Å². The van der Waals surface area contributed by atoms with Gasteiger partial charge < -0.3 is 14.2 Å². The number of carbonyl (C=O) groups excluding carboxylic acids is 1. The molecule has 0 N–H and O–H groups in total. The van der Waals surface area contributed by atoms with Crippen molar-refractivity contribution >= 4 is 56.7 Å². The fraction of sp³-hybridized carbons (Fsp3) is 0.216. The minimum Gasteiger partial charge on any atom is -0.490 e. The lowest BCUT2D eigenvalue weighted by atomic mass is 9.95. The monoisotopic (exact) mass is 744 g/mol. The number of halogens is 1. The van der Waals surface area contributed by atoms with Crippen LogP contribution in [0, 0.1) is 10.5 Å². The fourth-order valence-corrected chi connectivity index (χ4v) is 7.48. The van der Waals surface area contributed by atoms with Gasteiger partial charge in [0.25, 0.3) is 5.56 Å². The summed E-state index contributed by atoms with van der Waals surface area (Å²) in [6.07, 6.45) is 1.85. The Balaban J connectivity index is 1.40. The van der Waals surface area contributed by atoms with E-state index < -0.39 is 12.0 Å². The molecule has 0 amide bonds. The van der Waals surface area contributed by atoms with Crippen molar-refractivity contribution in [1.29, 1.82) is 0 Å². The van der Waals surface area contributed by atoms with Crippen LogP contribution in [0.4, 0.5) is 0 Å². The standard InChI is InChI=1S/C37H33IN2O5S/c1-5-43-30-19-24(18-29(38)34(30)45-21-27-12-9-11-25-10-7-8-13-28(25)27)20-31-35(41)40-33(26-16-14-22(3)15-17-26)32(36(42)44-6-2)23(4)39-37(40)46-31/h7-20,33H,5-6,21H2,1-4H3/b31-20-/t33-/m0/s1. The highest BCUT2D eigenvalue weighted by Gasteiger charge is 2.33. The van der Waals surface area contributed by atoms with Crippen LogP contribution in [0.15, 0.2) is 99.9 Å². The van der Waals surface area contributed by atoms with Gasteiger partial charge in [0.05, 0.1) is 38.6 Å². The molecular formula is C37H33IN2O5S. The molecule has 0 saturated carbocycles. The molecule has 234 valence electrons. The summed E-state index contributed by atoms with van der Waals surface area (Å²) in [7, 11) is 0. The Bertz CT molecular complexity index is 2160. The number of esters is 1. The van der Waals surface area contributed by atoms with Crippen molar-refractivity contribution in [2.45, 2.75) is 40.3 Å². The van der Waals surface area contributed by atoms with Crippen molar-refractivity contribution in [1.82, 2.24) is 4.57 Å². The number of hydrogen-bond acceptors (Lipinski definition) is 7. The van der Waals surface area contributed by atoms with Crippen LogP contribution >= 0.6 is 33.9 Å². The maximum atomic E-state index is 14.1. The summed E-state index contributed by atoms with van der Waals surface area (Å²) in [5.41, 5.74) is 4.46. The zero-order valence-corrected chi connectivity index (χ0v) is 29.0. The lowest BCUT2D eigenvalue weighted by Gasteiger charge is -2.24. The van der Waals surface area contributed by atoms with Gasteiger partial charge in [-0.1, -0.05) is 83.6 Å². The number of thiazole rings is 1. The number of fused-ring (bicyclic) bond motifs is 2. The van der Waals surface area contributed by atoms with Crippen molar-refractivity contribution < 1.29 is 19.0 Å². The molecule has 1 aromatic heterocycles. The van der Waals surface area contributed by atoms with Crippen LogP contribution < -0.4 is 24.4 Å². The Morgan fingerprint density at radius 1 is 0.978 bits per heavy atom. The molecule has 2 heterocycles. The minimum absolute atomic E-state index is 0.225. The molecule has 6 rings (SSSR count). The zero-order chi connectivity index (χ0) is 32.4. The van der Waals surface area contributed by atoms with E-state index in [1.54, 1.807) is 18.4 Å². The zero-order valence-electron chi connectivity index (χ0n) is 26.0. The Hall–Kier alpha value is -4.22. The van der Waals surface area contributed by atoms with Crippen LogP contribution in [0.1, 0.15) is 49.1 Å². The lowest BCUT2D eigenvalue weighted by Crippen LogP contribution is -2.39. The third-order valence-corrected chi connectivity index (χ3v) is 9.58. The van der Waals surface area contributed by atoms with Gasteiger partial charge in [0.1, 0.15) is 6.61 Å². The fourth-order valence-electron chi connectivity index (χ4n) is 5.65. The first-order chi connectivity index (χ1) is 22.3. The largest absolute Gasteiger partial charge is 0.490 e. The van der Waals surface area contributed by atoms with Gasteiger partial charge in [0.2, 0.25) is 0 Å². The van der Waals surface area contributed by atoms with E-state index in [-0.39, 0.29) is 12.2 Å². The van der Waals surface area contributed by atoms with Crippen molar-refractivity contribution in [3.05, 3.63) is 136 Å². The van der Waals surface area contributed by atoms with Gasteiger partial charge in [-0.25, -0.2) is 9.79 Å². The van der Waals surface area contributed by atoms with Gasteiger partial charge >= 0.3 is 5.97 Å². The van der Waals surface area contributed by atoms with Crippen LogP contribution in [-0.4, -0.2) is 23.8 Å². The number of nitrogens with zero attached hydrogens (tertiary/aromatic N) is 2. The third-order valence-electron chi connectivity index (χ3n) is 7.79. The molecule has 0 aliphatic carbocycles. The summed E-state index contributed by atoms with van der Waals surface area (Å²) in [4.78, 5) is 32.5. The van der Waals surface area contributed by atoms with Crippen molar-refractivity contribution in [2.24, 2.45) is 4.99 Å². The minimum atomic E-state index is -0.651. The van der Waals surface area contributed by atoms with Crippen molar-refractivity contribution in [3.63, 3.8) is 0 Å². The Morgan fingerprint density at radius 2 is 1.74 bits per heavy atom. The molecule has 7 nitrogen and oxygen atoms in total. The second-order valence-electron chi connectivity index (χ2n) is 10.9. The molecule has 0 unspecified atom stereocenters. The molecule has 0 saturated heterocycles. The predicted octanol–water partition coefficient (Wildman–Crippen LogP) is 6.84. The summed E-state index contributed by atoms with van der Waals surface area (Å²) in [6, 6.07) is 25.5. The van der Waals surface area contributed by atoms with E-state index in [0.717, 1.165) is 36.6 Å². The number of benzene rings is 4. The number of allylic oxidation sites excluding steroid dienone is 1. The molecule has 0 radical (unpaired) electrons. The summed E-state index contributed by atoms with van der Waals surface area (Å²) in [6.45, 7) is 8.56. The number of hydrogen-bond donors (Lipinski definition) is 0. The molecule has 5 aromatic rings. The molecule has 1 aliphatic rings. The van der Waals surface area contributed by atoms with Crippen LogP contribution in [0.3, 0.4) is 0 Å². The summed E-state index contributed by atoms with van der Waals surface area (Å²) in [5.74, 6) is 0.785. The van der Waals surface area contributed by atoms with E-state index >= 15 is 0 Å². The van der Waals surface area contributed by atoms with Crippen LogP contribution in [0.5, 0.6) is 11.5 Å². The van der Waals surface area contributed by atoms with Crippen LogP contribution in [0.2, 0.25) is 0 Å². The molecule has 0 fully saturated rings. The normalized spacial score (nSPS) is 14.6. The Morgan fingerprint density at radius 3 is 2.50 bits per heavy atom. The number of rotatable bonds is 9. The maximum Gasteiger partial charge on any atom is 0.338 e. The highest BCUT2D eigenvalue weighted by Crippen LogP contribution is 2.36. The topological polar surface area (TPSA) is 79.1 Å². The first-order valence-corrected chi connectivity index (χ1v) is 17.0. The number of ether oxygens (including phenoxy) is 3. The van der Waals surface area contributed by atoms with Gasteiger partial charge in [0, 0.05) is 0 Å². The Kier molecular flexibility index (Phi) is 9.42. The van der Waals surface area contributed by atoms with E-state index in [9.17, 15) is 9.59 Å². The average Bonchev–Trinajstić information content (AvgIpc) is 3.34. The second-order valence-corrected chi connectivity index (χ2v) is 13.1. The first-order valence-electron chi connectivity index (χ1n) is 15.1. The third kappa shape index (κ3) is 6.26. The quantitative estimate of drug-likeness (QED) is 0.122. The molecule has 1 aliphatic heterocycles. The number of aromatic nitrogens is 1. The molecule has 1 atom stereocenters. The summed E-state index contributed by atoms with van der Waals surface area (Å²) in [5, 5.41) is 2.31. The molecule has 0 spiro atoms. The second kappa shape index (κ2) is 13.6. The number of carbonyl (C=O) groups is 1. The van der Waals surface area contributed by atoms with Crippen LogP contribution in [0.25, 0.3) is 16.8 Å². The molecule has 9 heteroatoms. The SMILES string of the molecule is CCOC(=O)C1=C(C)N=c2s/c(=C\c3cc(I)c(OCc4cccc5ccccc45)c(OCC)c3)c(=O)n2[C@H]1c1ccc(C)cc1. The molecule has 4 aromatic carbocycles. The maximum absolute atomic E-state index is 14.1. The first kappa shape index (κ1) is 31.7. The highest BCUT2D eigenvalue weighted by atomic mass is 127. The van der Waals surface area contributed by atoms with E-state index in [2.05, 4.69) is 46.9 Å². The highest BCUT2D eigenvalue weighted by molar-refractivity contribution is 14.1. The van der Waals surface area contributed by atoms with Crippen LogP contribution in [-0.2, 0) is 16.1 Å². The number of aryl methyl sites for hydroxylation is 1. The van der Waals surface area contributed by atoms with Crippen molar-refractivity contribution in [3.8, 4) is 11.5 Å². The van der Waals surface area contributed by atoms with Gasteiger partial charge in [-0.2, -0.15) is 0 Å². The van der Waals surface area contributed by atoms with Crippen molar-refractivity contribution in [2.75, 3.05) is 13.2 Å². The van der Waals surface area contributed by atoms with Gasteiger partial charge in [-0.05, 0) is 96.0 Å². The predicted molar refractivity (Wildman–Crippen MR) is 190 cm³/mol. The molecular weight excluding hydrogens is 711 g/mol. The Labute approximate surface area is 284 Å². The van der Waals surface area contributed by atoms with E-state index in [4.69, 9.17) is 19.2 Å². The average molecular weight is 745 g/mol. The van der Waals surface area contributed by atoms with Gasteiger partial charge in [-0.15, -0.1) is 0 Å².